The molecule has 2 aliphatic rings. The summed E-state index contributed by atoms with van der Waals surface area (Å²) in [6.07, 6.45) is 5.31. The number of thiophene rings is 1. The number of nitrogens with zero attached hydrogens (tertiary/aromatic N) is 1. The van der Waals surface area contributed by atoms with Crippen LogP contribution in [0.4, 0.5) is 9.39 Å². The van der Waals surface area contributed by atoms with E-state index in [1.165, 1.54) is 22.3 Å². The third-order valence-electron chi connectivity index (χ3n) is 6.29. The second-order valence-electron chi connectivity index (χ2n) is 8.38. The molecule has 0 atom stereocenters. The Morgan fingerprint density at radius 3 is 2.72 bits per heavy atom. The fraction of sp³-hybridized carbons (Fsp3) is 0.500. The molecule has 0 saturated carbocycles. The van der Waals surface area contributed by atoms with Gasteiger partial charge in [-0.15, -0.1) is 11.3 Å². The molecule has 4 rings (SSSR count). The molecule has 5 nitrogen and oxygen atoms in total. The van der Waals surface area contributed by atoms with Gasteiger partial charge in [-0.1, -0.05) is 17.7 Å². The predicted molar refractivity (Wildman–Crippen MR) is 125 cm³/mol. The molecule has 1 aromatic carbocycles. The standard InChI is InChI=1S/C24H28ClFN2O3S/c1-2-31-24(30)21-16-6-3-4-9-20(16)32-23(21)27-22(29)15-10-12-28(13-11-15)14-17-18(25)7-5-8-19(17)26/h5,7-8,15H,2-4,6,9-14H2,1H3,(H,27,29). The van der Waals surface area contributed by atoms with Crippen LogP contribution in [0.1, 0.15) is 59.0 Å². The molecule has 2 heterocycles. The molecule has 1 amide bonds. The van der Waals surface area contributed by atoms with E-state index >= 15 is 0 Å². The normalized spacial score (nSPS) is 17.1. The number of nitrogens with one attached hydrogen (secondary N) is 1. The van der Waals surface area contributed by atoms with E-state index in [1.807, 2.05) is 0 Å². The Balaban J connectivity index is 1.40. The number of amides is 1. The van der Waals surface area contributed by atoms with Crippen molar-refractivity contribution in [1.29, 1.82) is 0 Å². The van der Waals surface area contributed by atoms with Gasteiger partial charge in [0.25, 0.3) is 0 Å². The number of aryl methyl sites for hydroxylation is 1. The molecular weight excluding hydrogens is 451 g/mol. The molecule has 1 aromatic heterocycles. The molecule has 8 heteroatoms. The minimum Gasteiger partial charge on any atom is -0.462 e. The summed E-state index contributed by atoms with van der Waals surface area (Å²) in [6.45, 7) is 3.91. The fourth-order valence-corrected chi connectivity index (χ4v) is 6.05. The van der Waals surface area contributed by atoms with E-state index in [0.29, 0.717) is 60.2 Å². The second-order valence-corrected chi connectivity index (χ2v) is 9.89. The number of ether oxygens (including phenoxy) is 1. The number of likely N-dealkylation sites (tertiary alicyclic amines) is 1. The second kappa shape index (κ2) is 10.3. The Labute approximate surface area is 196 Å². The molecule has 172 valence electrons. The molecule has 2 aromatic rings. The third kappa shape index (κ3) is 5.00. The maximum Gasteiger partial charge on any atom is 0.341 e. The lowest BCUT2D eigenvalue weighted by Gasteiger charge is -2.31. The number of halogens is 2. The number of piperidine rings is 1. The first-order valence-corrected chi connectivity index (χ1v) is 12.4. The number of carbonyl (C=O) groups excluding carboxylic acids is 2. The first kappa shape index (κ1) is 23.2. The van der Waals surface area contributed by atoms with E-state index in [0.717, 1.165) is 31.2 Å². The Hall–Kier alpha value is -1.96. The van der Waals surface area contributed by atoms with Crippen molar-refractivity contribution in [1.82, 2.24) is 4.90 Å². The van der Waals surface area contributed by atoms with Crippen LogP contribution in [0.2, 0.25) is 5.02 Å². The summed E-state index contributed by atoms with van der Waals surface area (Å²) in [5, 5.41) is 4.09. The molecule has 0 unspecified atom stereocenters. The van der Waals surface area contributed by atoms with E-state index in [-0.39, 0.29) is 23.6 Å². The van der Waals surface area contributed by atoms with Crippen LogP contribution in [-0.4, -0.2) is 36.5 Å². The van der Waals surface area contributed by atoms with Gasteiger partial charge in [-0.25, -0.2) is 9.18 Å². The summed E-state index contributed by atoms with van der Waals surface area (Å²) >= 11 is 7.67. The number of hydrogen-bond donors (Lipinski definition) is 1. The van der Waals surface area contributed by atoms with Gasteiger partial charge in [-0.2, -0.15) is 0 Å². The smallest absolute Gasteiger partial charge is 0.341 e. The van der Waals surface area contributed by atoms with Crippen molar-refractivity contribution >= 4 is 39.8 Å². The van der Waals surface area contributed by atoms with Crippen molar-refractivity contribution in [3.8, 4) is 0 Å². The highest BCUT2D eigenvalue weighted by Crippen LogP contribution is 2.39. The lowest BCUT2D eigenvalue weighted by Crippen LogP contribution is -2.38. The quantitative estimate of drug-likeness (QED) is 0.561. The lowest BCUT2D eigenvalue weighted by atomic mass is 9.94. The summed E-state index contributed by atoms with van der Waals surface area (Å²) in [7, 11) is 0. The van der Waals surface area contributed by atoms with E-state index in [4.69, 9.17) is 16.3 Å². The number of hydrogen-bond acceptors (Lipinski definition) is 5. The van der Waals surface area contributed by atoms with E-state index in [9.17, 15) is 14.0 Å². The van der Waals surface area contributed by atoms with Crippen LogP contribution >= 0.6 is 22.9 Å². The third-order valence-corrected chi connectivity index (χ3v) is 7.85. The molecule has 0 bridgehead atoms. The molecule has 32 heavy (non-hydrogen) atoms. The average Bonchev–Trinajstić information content (AvgIpc) is 3.15. The van der Waals surface area contributed by atoms with Crippen LogP contribution in [0, 0.1) is 11.7 Å². The first-order valence-electron chi connectivity index (χ1n) is 11.3. The summed E-state index contributed by atoms with van der Waals surface area (Å²) in [5.74, 6) is -0.849. The summed E-state index contributed by atoms with van der Waals surface area (Å²) in [5.41, 5.74) is 2.10. The monoisotopic (exact) mass is 478 g/mol. The minimum atomic E-state index is -0.348. The highest BCUT2D eigenvalue weighted by Gasteiger charge is 2.30. The Bertz CT molecular complexity index is 981. The van der Waals surface area contributed by atoms with Gasteiger partial charge in [0.2, 0.25) is 5.91 Å². The van der Waals surface area contributed by atoms with E-state index in [2.05, 4.69) is 10.2 Å². The number of esters is 1. The molecule has 1 N–H and O–H groups in total. The highest BCUT2D eigenvalue weighted by molar-refractivity contribution is 7.17. The summed E-state index contributed by atoms with van der Waals surface area (Å²) in [6, 6.07) is 4.72. The van der Waals surface area contributed by atoms with E-state index in [1.54, 1.807) is 19.1 Å². The zero-order valence-corrected chi connectivity index (χ0v) is 19.8. The molecule has 1 aliphatic carbocycles. The fourth-order valence-electron chi connectivity index (χ4n) is 4.55. The van der Waals surface area contributed by atoms with Gasteiger partial charge in [0, 0.05) is 27.9 Å². The summed E-state index contributed by atoms with van der Waals surface area (Å²) in [4.78, 5) is 29.0. The average molecular weight is 479 g/mol. The van der Waals surface area contributed by atoms with Crippen molar-refractivity contribution < 1.29 is 18.7 Å². The van der Waals surface area contributed by atoms with Crippen LogP contribution in [0.25, 0.3) is 0 Å². The van der Waals surface area contributed by atoms with Crippen LogP contribution in [0.15, 0.2) is 18.2 Å². The molecule has 1 saturated heterocycles. The molecular formula is C24H28ClFN2O3S. The first-order chi connectivity index (χ1) is 15.5. The number of anilines is 1. The zero-order valence-electron chi connectivity index (χ0n) is 18.2. The Morgan fingerprint density at radius 2 is 2.00 bits per heavy atom. The van der Waals surface area contributed by atoms with Crippen LogP contribution < -0.4 is 5.32 Å². The van der Waals surface area contributed by atoms with Crippen LogP contribution in [-0.2, 0) is 28.9 Å². The topological polar surface area (TPSA) is 58.6 Å². The maximum atomic E-state index is 14.1. The van der Waals surface area contributed by atoms with Gasteiger partial charge < -0.3 is 10.1 Å². The molecule has 0 radical (unpaired) electrons. The molecule has 0 spiro atoms. The van der Waals surface area contributed by atoms with Crippen molar-refractivity contribution in [2.45, 2.75) is 52.0 Å². The predicted octanol–water partition coefficient (Wildman–Crippen LogP) is 5.45. The van der Waals surface area contributed by atoms with Crippen molar-refractivity contribution in [3.63, 3.8) is 0 Å². The van der Waals surface area contributed by atoms with E-state index < -0.39 is 0 Å². The van der Waals surface area contributed by atoms with Crippen molar-refractivity contribution in [2.75, 3.05) is 25.0 Å². The van der Waals surface area contributed by atoms with Crippen LogP contribution in [0.3, 0.4) is 0 Å². The van der Waals surface area contributed by atoms with Crippen molar-refractivity contribution in [2.24, 2.45) is 5.92 Å². The van der Waals surface area contributed by atoms with Gasteiger partial charge in [0.15, 0.2) is 0 Å². The largest absolute Gasteiger partial charge is 0.462 e. The lowest BCUT2D eigenvalue weighted by molar-refractivity contribution is -0.121. The number of benzene rings is 1. The SMILES string of the molecule is CCOC(=O)c1c(NC(=O)C2CCN(Cc3c(F)cccc3Cl)CC2)sc2c1CCCC2. The zero-order chi connectivity index (χ0) is 22.7. The van der Waals surface area contributed by atoms with Crippen molar-refractivity contribution in [3.05, 3.63) is 50.6 Å². The maximum absolute atomic E-state index is 14.1. The number of rotatable bonds is 6. The minimum absolute atomic E-state index is 0.0577. The van der Waals surface area contributed by atoms with Crippen LogP contribution in [0.5, 0.6) is 0 Å². The van der Waals surface area contributed by atoms with Gasteiger partial charge >= 0.3 is 5.97 Å². The van der Waals surface area contributed by atoms with Gasteiger partial charge in [-0.05, 0) is 76.2 Å². The van der Waals surface area contributed by atoms with Gasteiger partial charge in [0.1, 0.15) is 10.8 Å². The molecule has 1 aliphatic heterocycles. The van der Waals surface area contributed by atoms with Gasteiger partial charge in [0.05, 0.1) is 12.2 Å². The Morgan fingerprint density at radius 1 is 1.25 bits per heavy atom. The van der Waals surface area contributed by atoms with Gasteiger partial charge in [-0.3, -0.25) is 9.69 Å². The Kier molecular flexibility index (Phi) is 7.48. The molecule has 1 fully saturated rings. The number of fused-ring (bicyclic) bond motifs is 1. The number of carbonyl (C=O) groups is 2. The summed E-state index contributed by atoms with van der Waals surface area (Å²) < 4.78 is 19.4. The highest BCUT2D eigenvalue weighted by atomic mass is 35.5.